The largest absolute Gasteiger partial charge is 0.468 e. The normalized spacial score (nSPS) is 29.8. The van der Waals surface area contributed by atoms with Gasteiger partial charge in [-0.3, -0.25) is 0 Å². The maximum Gasteiger partial charge on any atom is 0.120 e. The van der Waals surface area contributed by atoms with E-state index in [1.54, 1.807) is 13.4 Å². The topological polar surface area (TPSA) is 34.4 Å². The third kappa shape index (κ3) is 1.89. The number of methoxy groups -OCH3 is 1. The van der Waals surface area contributed by atoms with Crippen LogP contribution in [0.1, 0.15) is 39.0 Å². The van der Waals surface area contributed by atoms with E-state index in [1.165, 1.54) is 0 Å². The molecule has 0 amide bonds. The van der Waals surface area contributed by atoms with Crippen molar-refractivity contribution in [3.8, 4) is 0 Å². The summed E-state index contributed by atoms with van der Waals surface area (Å²) in [6.07, 6.45) is 3.17. The Bertz CT molecular complexity index is 332. The Hall–Kier alpha value is -0.800. The van der Waals surface area contributed by atoms with Gasteiger partial charge >= 0.3 is 0 Å². The maximum atomic E-state index is 5.44. The minimum Gasteiger partial charge on any atom is -0.468 e. The highest BCUT2D eigenvalue weighted by Gasteiger charge is 2.48. The highest BCUT2D eigenvalue weighted by atomic mass is 16.5. The van der Waals surface area contributed by atoms with Gasteiger partial charge in [0.25, 0.3) is 0 Å². The van der Waals surface area contributed by atoms with E-state index in [0.29, 0.717) is 12.1 Å². The van der Waals surface area contributed by atoms with Crippen LogP contribution in [0, 0.1) is 5.41 Å². The van der Waals surface area contributed by atoms with Gasteiger partial charge < -0.3 is 14.5 Å². The fourth-order valence-electron chi connectivity index (χ4n) is 2.49. The minimum atomic E-state index is 0.204. The SMILES string of the molecule is COC1CC(NC(C)c2ccco2)C1(C)C. The Morgan fingerprint density at radius 2 is 2.31 bits per heavy atom. The first-order valence-corrected chi connectivity index (χ1v) is 5.88. The summed E-state index contributed by atoms with van der Waals surface area (Å²) in [7, 11) is 1.79. The first-order valence-electron chi connectivity index (χ1n) is 5.88. The molecule has 1 fully saturated rings. The lowest BCUT2D eigenvalue weighted by Gasteiger charge is -2.52. The lowest BCUT2D eigenvalue weighted by Crippen LogP contribution is -2.60. The van der Waals surface area contributed by atoms with Gasteiger partial charge in [0.2, 0.25) is 0 Å². The van der Waals surface area contributed by atoms with E-state index in [2.05, 4.69) is 26.1 Å². The molecule has 1 heterocycles. The van der Waals surface area contributed by atoms with E-state index in [9.17, 15) is 0 Å². The average Bonchev–Trinajstić information content (AvgIpc) is 2.76. The zero-order valence-corrected chi connectivity index (χ0v) is 10.5. The van der Waals surface area contributed by atoms with Gasteiger partial charge in [-0.05, 0) is 25.5 Å². The molecule has 3 atom stereocenters. The lowest BCUT2D eigenvalue weighted by atomic mass is 9.64. The third-order valence-corrected chi connectivity index (χ3v) is 3.88. The highest BCUT2D eigenvalue weighted by molar-refractivity contribution is 5.08. The molecule has 0 radical (unpaired) electrons. The monoisotopic (exact) mass is 223 g/mol. The third-order valence-electron chi connectivity index (χ3n) is 3.88. The number of furan rings is 1. The van der Waals surface area contributed by atoms with E-state index in [0.717, 1.165) is 12.2 Å². The first kappa shape index (κ1) is 11.7. The Balaban J connectivity index is 1.92. The van der Waals surface area contributed by atoms with Gasteiger partial charge in [0.1, 0.15) is 5.76 Å². The van der Waals surface area contributed by atoms with E-state index >= 15 is 0 Å². The van der Waals surface area contributed by atoms with Crippen LogP contribution in [0.25, 0.3) is 0 Å². The molecule has 2 rings (SSSR count). The lowest BCUT2D eigenvalue weighted by molar-refractivity contribution is -0.100. The molecule has 0 aliphatic heterocycles. The average molecular weight is 223 g/mol. The zero-order valence-electron chi connectivity index (χ0n) is 10.5. The molecule has 16 heavy (non-hydrogen) atoms. The van der Waals surface area contributed by atoms with Crippen molar-refractivity contribution in [1.29, 1.82) is 0 Å². The van der Waals surface area contributed by atoms with Crippen LogP contribution >= 0.6 is 0 Å². The van der Waals surface area contributed by atoms with Crippen molar-refractivity contribution >= 4 is 0 Å². The Morgan fingerprint density at radius 3 is 2.81 bits per heavy atom. The van der Waals surface area contributed by atoms with Gasteiger partial charge in [-0.15, -0.1) is 0 Å². The summed E-state index contributed by atoms with van der Waals surface area (Å²) in [6, 6.07) is 4.70. The number of hydrogen-bond acceptors (Lipinski definition) is 3. The Labute approximate surface area is 97.2 Å². The molecule has 1 aliphatic carbocycles. The second-order valence-corrected chi connectivity index (χ2v) is 5.24. The van der Waals surface area contributed by atoms with Crippen molar-refractivity contribution in [1.82, 2.24) is 5.32 Å². The van der Waals surface area contributed by atoms with Gasteiger partial charge in [-0.2, -0.15) is 0 Å². The molecule has 0 spiro atoms. The number of rotatable bonds is 4. The van der Waals surface area contributed by atoms with Gasteiger partial charge in [0.15, 0.2) is 0 Å². The van der Waals surface area contributed by atoms with Gasteiger partial charge in [-0.1, -0.05) is 13.8 Å². The second-order valence-electron chi connectivity index (χ2n) is 5.24. The standard InChI is InChI=1S/C13H21NO2/c1-9(10-6-5-7-16-10)14-11-8-12(15-4)13(11,2)3/h5-7,9,11-12,14H,8H2,1-4H3. The molecule has 3 heteroatoms. The molecule has 1 aliphatic rings. The molecule has 0 saturated heterocycles. The molecule has 1 aromatic rings. The van der Waals surface area contributed by atoms with Crippen molar-refractivity contribution in [3.63, 3.8) is 0 Å². The predicted octanol–water partition coefficient (Wildman–Crippen LogP) is 2.74. The van der Waals surface area contributed by atoms with Crippen molar-refractivity contribution in [3.05, 3.63) is 24.2 Å². The quantitative estimate of drug-likeness (QED) is 0.852. The van der Waals surface area contributed by atoms with Crippen LogP contribution < -0.4 is 5.32 Å². The Morgan fingerprint density at radius 1 is 1.56 bits per heavy atom. The zero-order chi connectivity index (χ0) is 11.8. The molecule has 3 unspecified atom stereocenters. The number of hydrogen-bond donors (Lipinski definition) is 1. The van der Waals surface area contributed by atoms with Crippen LogP contribution in [0.5, 0.6) is 0 Å². The van der Waals surface area contributed by atoms with Crippen molar-refractivity contribution in [2.45, 2.75) is 45.4 Å². The predicted molar refractivity (Wildman–Crippen MR) is 63.2 cm³/mol. The summed E-state index contributed by atoms with van der Waals surface area (Å²) in [5.74, 6) is 0.997. The molecule has 1 saturated carbocycles. The van der Waals surface area contributed by atoms with Crippen LogP contribution in [-0.4, -0.2) is 19.3 Å². The van der Waals surface area contributed by atoms with E-state index in [-0.39, 0.29) is 11.5 Å². The van der Waals surface area contributed by atoms with Crippen LogP contribution in [0.2, 0.25) is 0 Å². The van der Waals surface area contributed by atoms with Crippen molar-refractivity contribution < 1.29 is 9.15 Å². The molecule has 1 aromatic heterocycles. The fraction of sp³-hybridized carbons (Fsp3) is 0.692. The van der Waals surface area contributed by atoms with Crippen LogP contribution in [0.3, 0.4) is 0 Å². The fourth-order valence-corrected chi connectivity index (χ4v) is 2.49. The van der Waals surface area contributed by atoms with E-state index in [1.807, 2.05) is 12.1 Å². The molecular weight excluding hydrogens is 202 g/mol. The molecule has 0 bridgehead atoms. The summed E-state index contributed by atoms with van der Waals surface area (Å²) in [6.45, 7) is 6.63. The summed E-state index contributed by atoms with van der Waals surface area (Å²) in [4.78, 5) is 0. The number of nitrogens with one attached hydrogen (secondary N) is 1. The minimum absolute atomic E-state index is 0.204. The van der Waals surface area contributed by atoms with Gasteiger partial charge in [0.05, 0.1) is 18.4 Å². The Kier molecular flexibility index (Phi) is 3.08. The van der Waals surface area contributed by atoms with Gasteiger partial charge in [-0.25, -0.2) is 0 Å². The number of ether oxygens (including phenoxy) is 1. The smallest absolute Gasteiger partial charge is 0.120 e. The summed E-state index contributed by atoms with van der Waals surface area (Å²) in [5, 5.41) is 3.60. The van der Waals surface area contributed by atoms with Crippen molar-refractivity contribution in [2.75, 3.05) is 7.11 Å². The highest BCUT2D eigenvalue weighted by Crippen LogP contribution is 2.43. The first-order chi connectivity index (χ1) is 7.55. The van der Waals surface area contributed by atoms with Crippen molar-refractivity contribution in [2.24, 2.45) is 5.41 Å². The van der Waals surface area contributed by atoms with Crippen LogP contribution in [-0.2, 0) is 4.74 Å². The van der Waals surface area contributed by atoms with E-state index < -0.39 is 0 Å². The molecule has 90 valence electrons. The van der Waals surface area contributed by atoms with E-state index in [4.69, 9.17) is 9.15 Å². The summed E-state index contributed by atoms with van der Waals surface area (Å²) < 4.78 is 10.8. The van der Waals surface area contributed by atoms with Gasteiger partial charge in [0, 0.05) is 18.6 Å². The second kappa shape index (κ2) is 4.22. The molecular formula is C13H21NO2. The summed E-state index contributed by atoms with van der Waals surface area (Å²) in [5.41, 5.74) is 0.204. The summed E-state index contributed by atoms with van der Waals surface area (Å²) >= 11 is 0. The maximum absolute atomic E-state index is 5.44. The molecule has 1 N–H and O–H groups in total. The van der Waals surface area contributed by atoms with Crippen LogP contribution in [0.4, 0.5) is 0 Å². The van der Waals surface area contributed by atoms with Crippen LogP contribution in [0.15, 0.2) is 22.8 Å². The molecule has 3 nitrogen and oxygen atoms in total. The molecule has 0 aromatic carbocycles.